The normalized spacial score (nSPS) is 21.4. The lowest BCUT2D eigenvalue weighted by Crippen LogP contribution is -2.46. The number of hydrogen-bond donors (Lipinski definition) is 2. The Kier molecular flexibility index (Phi) is 6.92. The predicted octanol–water partition coefficient (Wildman–Crippen LogP) is 3.62. The van der Waals surface area contributed by atoms with Crippen molar-refractivity contribution >= 4 is 57.3 Å². The summed E-state index contributed by atoms with van der Waals surface area (Å²) in [7, 11) is 3.39. The number of aromatic nitrogens is 2. The SMILES string of the molecule is COC(=O)[C@H]1CCC(=NC(=O)c2nc3c(s2)CN(C)CC3)[C@@H](NC(=O)c2cc3cc(Cl)ccc3[nH]2)C1. The highest BCUT2D eigenvalue weighted by molar-refractivity contribution is 7.13. The lowest BCUT2D eigenvalue weighted by atomic mass is 9.84. The Bertz CT molecular complexity index is 1380. The molecule has 11 heteroatoms. The number of H-pyrrole nitrogens is 1. The highest BCUT2D eigenvalue weighted by atomic mass is 35.5. The van der Waals surface area contributed by atoms with Gasteiger partial charge in [-0.3, -0.25) is 14.4 Å². The molecule has 1 saturated carbocycles. The number of thiazole rings is 1. The summed E-state index contributed by atoms with van der Waals surface area (Å²) >= 11 is 7.44. The molecule has 0 unspecified atom stereocenters. The minimum Gasteiger partial charge on any atom is -0.469 e. The van der Waals surface area contributed by atoms with E-state index in [9.17, 15) is 14.4 Å². The van der Waals surface area contributed by atoms with E-state index in [0.29, 0.717) is 40.7 Å². The van der Waals surface area contributed by atoms with E-state index >= 15 is 0 Å². The van der Waals surface area contributed by atoms with Gasteiger partial charge in [0, 0.05) is 46.0 Å². The van der Waals surface area contributed by atoms with Gasteiger partial charge in [0.05, 0.1) is 24.8 Å². The molecule has 0 spiro atoms. The number of nitrogens with zero attached hydrogens (tertiary/aromatic N) is 3. The average Bonchev–Trinajstić information content (AvgIpc) is 3.48. The van der Waals surface area contributed by atoms with Gasteiger partial charge >= 0.3 is 11.9 Å². The summed E-state index contributed by atoms with van der Waals surface area (Å²) in [5.41, 5.74) is 2.63. The average molecular weight is 528 g/mol. The van der Waals surface area contributed by atoms with Gasteiger partial charge in [-0.25, -0.2) is 9.98 Å². The number of fused-ring (bicyclic) bond motifs is 2. The first-order valence-corrected chi connectivity index (χ1v) is 13.0. The number of ether oxygens (including phenoxy) is 1. The van der Waals surface area contributed by atoms with E-state index < -0.39 is 17.9 Å². The zero-order valence-electron chi connectivity index (χ0n) is 20.0. The Labute approximate surface area is 216 Å². The van der Waals surface area contributed by atoms with Crippen LogP contribution in [0.15, 0.2) is 29.3 Å². The quantitative estimate of drug-likeness (QED) is 0.500. The van der Waals surface area contributed by atoms with Crippen molar-refractivity contribution in [2.24, 2.45) is 10.9 Å². The molecule has 2 atom stereocenters. The van der Waals surface area contributed by atoms with Crippen molar-refractivity contribution in [3.8, 4) is 0 Å². The molecule has 36 heavy (non-hydrogen) atoms. The molecule has 1 aliphatic heterocycles. The first-order chi connectivity index (χ1) is 17.3. The molecule has 0 radical (unpaired) electrons. The molecule has 1 aliphatic carbocycles. The molecule has 0 bridgehead atoms. The van der Waals surface area contributed by atoms with Crippen molar-refractivity contribution in [1.29, 1.82) is 0 Å². The number of carbonyl (C=O) groups excluding carboxylic acids is 3. The molecule has 1 fully saturated rings. The topological polar surface area (TPSA) is 117 Å². The second-order valence-corrected chi connectivity index (χ2v) is 10.7. The van der Waals surface area contributed by atoms with Gasteiger partial charge in [-0.05, 0) is 50.6 Å². The first-order valence-electron chi connectivity index (χ1n) is 11.8. The van der Waals surface area contributed by atoms with E-state index in [1.807, 2.05) is 7.05 Å². The number of nitrogens with one attached hydrogen (secondary N) is 2. The largest absolute Gasteiger partial charge is 0.469 e. The fraction of sp³-hybridized carbons (Fsp3) is 0.400. The minimum atomic E-state index is -0.588. The number of carbonyl (C=O) groups is 3. The summed E-state index contributed by atoms with van der Waals surface area (Å²) in [6, 6.07) is 6.45. The Hall–Kier alpha value is -3.08. The standard InChI is InChI=1S/C25H26ClN5O4S/c1-31-8-7-18-21(12-31)36-24(30-18)23(33)28-17-5-3-13(25(34)35-2)10-19(17)29-22(32)20-11-14-9-15(26)4-6-16(14)27-20/h4,6,9,11,13,19,27H,3,5,7-8,10,12H2,1-2H3,(H,29,32)/t13-,19-/m0/s1. The number of halogens is 1. The Morgan fingerprint density at radius 1 is 1.28 bits per heavy atom. The molecule has 2 N–H and O–H groups in total. The third kappa shape index (κ3) is 5.07. The molecule has 2 aromatic heterocycles. The second-order valence-electron chi connectivity index (χ2n) is 9.22. The number of hydrogen-bond acceptors (Lipinski definition) is 7. The number of benzene rings is 1. The molecule has 2 amide bonds. The number of aromatic amines is 1. The maximum Gasteiger partial charge on any atom is 0.308 e. The lowest BCUT2D eigenvalue weighted by molar-refractivity contribution is -0.146. The van der Waals surface area contributed by atoms with Gasteiger partial charge in [-0.15, -0.1) is 11.3 Å². The van der Waals surface area contributed by atoms with Gasteiger partial charge in [0.15, 0.2) is 5.01 Å². The third-order valence-electron chi connectivity index (χ3n) is 6.69. The summed E-state index contributed by atoms with van der Waals surface area (Å²) in [6.07, 6.45) is 2.00. The maximum absolute atomic E-state index is 13.1. The second kappa shape index (κ2) is 10.1. The fourth-order valence-corrected chi connectivity index (χ4v) is 6.00. The van der Waals surface area contributed by atoms with E-state index in [1.165, 1.54) is 18.4 Å². The van der Waals surface area contributed by atoms with Crippen LogP contribution in [0.1, 0.15) is 50.1 Å². The summed E-state index contributed by atoms with van der Waals surface area (Å²) in [4.78, 5) is 53.7. The minimum absolute atomic E-state index is 0.301. The smallest absolute Gasteiger partial charge is 0.308 e. The van der Waals surface area contributed by atoms with Crippen molar-refractivity contribution in [3.63, 3.8) is 0 Å². The summed E-state index contributed by atoms with van der Waals surface area (Å²) in [5, 5.41) is 4.71. The molecular weight excluding hydrogens is 502 g/mol. The Balaban J connectivity index is 1.39. The highest BCUT2D eigenvalue weighted by Gasteiger charge is 2.34. The molecule has 188 valence electrons. The maximum atomic E-state index is 13.1. The molecule has 2 aliphatic rings. The van der Waals surface area contributed by atoms with Crippen molar-refractivity contribution in [2.75, 3.05) is 20.7 Å². The summed E-state index contributed by atoms with van der Waals surface area (Å²) in [6.45, 7) is 1.67. The summed E-state index contributed by atoms with van der Waals surface area (Å²) < 4.78 is 4.93. The highest BCUT2D eigenvalue weighted by Crippen LogP contribution is 2.28. The molecular formula is C25H26ClN5O4S. The number of rotatable bonds is 4. The van der Waals surface area contributed by atoms with Gasteiger partial charge in [0.25, 0.3) is 5.91 Å². The van der Waals surface area contributed by atoms with Crippen LogP contribution in [-0.4, -0.2) is 65.1 Å². The Morgan fingerprint density at radius 3 is 2.92 bits per heavy atom. The Morgan fingerprint density at radius 2 is 2.11 bits per heavy atom. The zero-order valence-corrected chi connectivity index (χ0v) is 21.5. The van der Waals surface area contributed by atoms with Crippen LogP contribution in [0.3, 0.4) is 0 Å². The van der Waals surface area contributed by atoms with Crippen LogP contribution in [-0.2, 0) is 22.5 Å². The van der Waals surface area contributed by atoms with Crippen LogP contribution in [0.5, 0.6) is 0 Å². The van der Waals surface area contributed by atoms with Gasteiger partial charge in [0.1, 0.15) is 5.69 Å². The molecule has 9 nitrogen and oxygen atoms in total. The van der Waals surface area contributed by atoms with Crippen molar-refractivity contribution < 1.29 is 19.1 Å². The fourth-order valence-electron chi connectivity index (χ4n) is 4.75. The third-order valence-corrected chi connectivity index (χ3v) is 7.99. The zero-order chi connectivity index (χ0) is 25.4. The van der Waals surface area contributed by atoms with E-state index in [2.05, 4.69) is 25.2 Å². The van der Waals surface area contributed by atoms with E-state index in [1.54, 1.807) is 24.3 Å². The van der Waals surface area contributed by atoms with Crippen LogP contribution in [0.4, 0.5) is 0 Å². The van der Waals surface area contributed by atoms with Crippen LogP contribution in [0, 0.1) is 5.92 Å². The first kappa shape index (κ1) is 24.6. The van der Waals surface area contributed by atoms with Crippen LogP contribution in [0.25, 0.3) is 10.9 Å². The number of amides is 2. The number of methoxy groups -OCH3 is 1. The van der Waals surface area contributed by atoms with E-state index in [0.717, 1.165) is 41.0 Å². The molecule has 3 heterocycles. The van der Waals surface area contributed by atoms with Crippen LogP contribution in [0.2, 0.25) is 5.02 Å². The van der Waals surface area contributed by atoms with Crippen molar-refractivity contribution in [1.82, 2.24) is 20.2 Å². The molecule has 1 aromatic carbocycles. The number of aliphatic imine (C=N–C) groups is 1. The van der Waals surface area contributed by atoms with Gasteiger partial charge in [-0.2, -0.15) is 0 Å². The van der Waals surface area contributed by atoms with E-state index in [-0.39, 0.29) is 11.9 Å². The predicted molar refractivity (Wildman–Crippen MR) is 138 cm³/mol. The lowest BCUT2D eigenvalue weighted by Gasteiger charge is -2.29. The van der Waals surface area contributed by atoms with Gasteiger partial charge in [-0.1, -0.05) is 11.6 Å². The number of likely N-dealkylation sites (N-methyl/N-ethyl adjacent to an activating group) is 1. The van der Waals surface area contributed by atoms with Gasteiger partial charge in [0.2, 0.25) is 0 Å². The summed E-state index contributed by atoms with van der Waals surface area (Å²) in [5.74, 6) is -1.50. The monoisotopic (exact) mass is 527 g/mol. The molecule has 0 saturated heterocycles. The van der Waals surface area contributed by atoms with E-state index in [4.69, 9.17) is 16.3 Å². The van der Waals surface area contributed by atoms with Crippen LogP contribution >= 0.6 is 22.9 Å². The molecule has 3 aromatic rings. The molecule has 5 rings (SSSR count). The van der Waals surface area contributed by atoms with Crippen molar-refractivity contribution in [3.05, 3.63) is 50.6 Å². The van der Waals surface area contributed by atoms with Gasteiger partial charge < -0.3 is 19.9 Å². The van der Waals surface area contributed by atoms with Crippen LogP contribution < -0.4 is 5.32 Å². The number of esters is 1. The van der Waals surface area contributed by atoms with Crippen molar-refractivity contribution in [2.45, 2.75) is 38.3 Å².